The molecule has 1 heterocycles. The molecule has 0 saturated heterocycles. The second kappa shape index (κ2) is 8.52. The van der Waals surface area contributed by atoms with E-state index >= 15 is 0 Å². The molecule has 9 heteroatoms. The second-order valence-corrected chi connectivity index (χ2v) is 8.62. The molecule has 1 amide bonds. The van der Waals surface area contributed by atoms with Crippen molar-refractivity contribution in [2.75, 3.05) is 5.32 Å². The average molecular weight is 417 g/mol. The third-order valence-electron chi connectivity index (χ3n) is 4.31. The van der Waals surface area contributed by atoms with Gasteiger partial charge in [0.05, 0.1) is 4.90 Å². The van der Waals surface area contributed by atoms with E-state index in [9.17, 15) is 17.6 Å². The summed E-state index contributed by atoms with van der Waals surface area (Å²) in [6.07, 6.45) is 0.292. The van der Waals surface area contributed by atoms with Gasteiger partial charge in [-0.3, -0.25) is 4.79 Å². The van der Waals surface area contributed by atoms with E-state index in [4.69, 9.17) is 4.52 Å². The summed E-state index contributed by atoms with van der Waals surface area (Å²) < 4.78 is 42.7. The Morgan fingerprint density at radius 3 is 2.41 bits per heavy atom. The Kier molecular flexibility index (Phi) is 6.07. The van der Waals surface area contributed by atoms with Crippen LogP contribution in [0.15, 0.2) is 51.9 Å². The van der Waals surface area contributed by atoms with Gasteiger partial charge in [-0.1, -0.05) is 23.4 Å². The third-order valence-corrected chi connectivity index (χ3v) is 5.94. The van der Waals surface area contributed by atoms with Gasteiger partial charge in [0.1, 0.15) is 11.6 Å². The number of hydrogen-bond donors (Lipinski definition) is 1. The highest BCUT2D eigenvalue weighted by Gasteiger charge is 2.20. The van der Waals surface area contributed by atoms with Gasteiger partial charge in [-0.15, -0.1) is 0 Å². The number of rotatable bonds is 7. The molecule has 0 spiro atoms. The third kappa shape index (κ3) is 5.26. The van der Waals surface area contributed by atoms with Crippen LogP contribution in [0.5, 0.6) is 0 Å². The van der Waals surface area contributed by atoms with Crippen molar-refractivity contribution >= 4 is 21.4 Å². The van der Waals surface area contributed by atoms with Crippen LogP contribution in [-0.4, -0.2) is 24.5 Å². The van der Waals surface area contributed by atoms with Crippen molar-refractivity contribution < 1.29 is 22.1 Å². The molecule has 0 aliphatic heterocycles. The summed E-state index contributed by atoms with van der Waals surface area (Å²) in [6, 6.07) is 10.3. The second-order valence-electron chi connectivity index (χ2n) is 6.63. The Morgan fingerprint density at radius 2 is 1.76 bits per heavy atom. The number of aryl methyl sites for hydroxylation is 3. The van der Waals surface area contributed by atoms with Crippen LogP contribution in [0.25, 0.3) is 0 Å². The summed E-state index contributed by atoms with van der Waals surface area (Å²) in [5.74, 6) is -1.05. The fraction of sp³-hybridized carbons (Fsp3) is 0.250. The first-order chi connectivity index (χ1) is 13.7. The summed E-state index contributed by atoms with van der Waals surface area (Å²) in [5, 5.41) is 6.53. The van der Waals surface area contributed by atoms with Crippen LogP contribution in [0.4, 0.5) is 10.1 Å². The van der Waals surface area contributed by atoms with Crippen molar-refractivity contribution in [1.29, 1.82) is 0 Å². The summed E-state index contributed by atoms with van der Waals surface area (Å²) in [6.45, 7) is 3.82. The lowest BCUT2D eigenvalue weighted by atomic mass is 10.1. The van der Waals surface area contributed by atoms with Crippen LogP contribution in [0, 0.1) is 19.7 Å². The predicted molar refractivity (Wildman–Crippen MR) is 104 cm³/mol. The molecule has 3 rings (SSSR count). The standard InChI is InChI=1S/C20H20FN3O4S/c1-13-4-3-5-14(2)20(13)23-18(25)10-11-19-22-17(24-28-19)12-29(26,27)16-8-6-15(21)7-9-16/h3-9H,10-12H2,1-2H3,(H,23,25). The van der Waals surface area contributed by atoms with Crippen molar-refractivity contribution in [1.82, 2.24) is 10.1 Å². The van der Waals surface area contributed by atoms with E-state index in [0.717, 1.165) is 28.9 Å². The smallest absolute Gasteiger partial charge is 0.227 e. The van der Waals surface area contributed by atoms with Crippen molar-refractivity contribution in [3.63, 3.8) is 0 Å². The highest BCUT2D eigenvalue weighted by Crippen LogP contribution is 2.20. The Labute approximate surface area is 167 Å². The molecule has 0 fully saturated rings. The molecule has 1 aromatic heterocycles. The normalized spacial score (nSPS) is 11.4. The Bertz CT molecular complexity index is 1100. The Morgan fingerprint density at radius 1 is 1.10 bits per heavy atom. The van der Waals surface area contributed by atoms with Crippen molar-refractivity contribution in [3.8, 4) is 0 Å². The van der Waals surface area contributed by atoms with Gasteiger partial charge in [0.25, 0.3) is 0 Å². The number of para-hydroxylation sites is 1. The van der Waals surface area contributed by atoms with Gasteiger partial charge in [-0.05, 0) is 49.2 Å². The van der Waals surface area contributed by atoms with E-state index in [1.54, 1.807) is 0 Å². The number of benzene rings is 2. The molecule has 3 aromatic rings. The minimum absolute atomic E-state index is 0.0144. The van der Waals surface area contributed by atoms with Crippen LogP contribution >= 0.6 is 0 Å². The van der Waals surface area contributed by atoms with Gasteiger partial charge in [-0.2, -0.15) is 4.98 Å². The number of anilines is 1. The number of amides is 1. The van der Waals surface area contributed by atoms with Gasteiger partial charge in [0.15, 0.2) is 15.7 Å². The van der Waals surface area contributed by atoms with Gasteiger partial charge in [0.2, 0.25) is 11.8 Å². The van der Waals surface area contributed by atoms with E-state index in [1.807, 2.05) is 32.0 Å². The zero-order valence-corrected chi connectivity index (χ0v) is 16.8. The van der Waals surface area contributed by atoms with E-state index in [0.29, 0.717) is 0 Å². The molecule has 0 aliphatic carbocycles. The summed E-state index contributed by atoms with van der Waals surface area (Å²) >= 11 is 0. The minimum atomic E-state index is -3.73. The number of nitrogens with zero attached hydrogens (tertiary/aromatic N) is 2. The molecule has 0 saturated carbocycles. The van der Waals surface area contributed by atoms with E-state index in [-0.39, 0.29) is 35.4 Å². The molecular weight excluding hydrogens is 397 g/mol. The van der Waals surface area contributed by atoms with Crippen molar-refractivity contribution in [2.24, 2.45) is 0 Å². The van der Waals surface area contributed by atoms with Crippen LogP contribution in [0.2, 0.25) is 0 Å². The zero-order valence-electron chi connectivity index (χ0n) is 16.0. The van der Waals surface area contributed by atoms with Crippen LogP contribution in [0.3, 0.4) is 0 Å². The number of carbonyl (C=O) groups excluding carboxylic acids is 1. The molecule has 1 N–H and O–H groups in total. The summed E-state index contributed by atoms with van der Waals surface area (Å²) in [7, 11) is -3.73. The number of nitrogens with one attached hydrogen (secondary N) is 1. The van der Waals surface area contributed by atoms with Crippen molar-refractivity contribution in [3.05, 3.63) is 71.1 Å². The van der Waals surface area contributed by atoms with Gasteiger partial charge in [-0.25, -0.2) is 12.8 Å². The minimum Gasteiger partial charge on any atom is -0.339 e. The quantitative estimate of drug-likeness (QED) is 0.592. The Balaban J connectivity index is 1.59. The maximum absolute atomic E-state index is 13.0. The van der Waals surface area contributed by atoms with E-state index in [1.165, 1.54) is 12.1 Å². The predicted octanol–water partition coefficient (Wildman–Crippen LogP) is 3.37. The molecule has 0 aliphatic rings. The number of hydrogen-bond acceptors (Lipinski definition) is 6. The first kappa shape index (κ1) is 20.7. The molecule has 0 atom stereocenters. The van der Waals surface area contributed by atoms with Crippen LogP contribution in [0.1, 0.15) is 29.3 Å². The number of carbonyl (C=O) groups is 1. The van der Waals surface area contributed by atoms with E-state index in [2.05, 4.69) is 15.5 Å². The molecule has 0 bridgehead atoms. The maximum atomic E-state index is 13.0. The zero-order chi connectivity index (χ0) is 21.0. The lowest BCUT2D eigenvalue weighted by molar-refractivity contribution is -0.116. The molecule has 29 heavy (non-hydrogen) atoms. The molecule has 2 aromatic carbocycles. The molecule has 7 nitrogen and oxygen atoms in total. The highest BCUT2D eigenvalue weighted by molar-refractivity contribution is 7.90. The maximum Gasteiger partial charge on any atom is 0.227 e. The van der Waals surface area contributed by atoms with Crippen LogP contribution in [-0.2, 0) is 26.8 Å². The Hall–Kier alpha value is -3.07. The van der Waals surface area contributed by atoms with Gasteiger partial charge >= 0.3 is 0 Å². The summed E-state index contributed by atoms with van der Waals surface area (Å²) in [5.41, 5.74) is 2.70. The van der Waals surface area contributed by atoms with Gasteiger partial charge in [0, 0.05) is 18.5 Å². The fourth-order valence-electron chi connectivity index (χ4n) is 2.78. The molecule has 0 radical (unpaired) electrons. The number of sulfone groups is 1. The SMILES string of the molecule is Cc1cccc(C)c1NC(=O)CCc1nc(CS(=O)(=O)c2ccc(F)cc2)no1. The largest absolute Gasteiger partial charge is 0.339 e. The first-order valence-corrected chi connectivity index (χ1v) is 10.6. The average Bonchev–Trinajstić information content (AvgIpc) is 3.10. The monoisotopic (exact) mass is 417 g/mol. The summed E-state index contributed by atoms with van der Waals surface area (Å²) in [4.78, 5) is 16.2. The number of halogens is 1. The van der Waals surface area contributed by atoms with Gasteiger partial charge < -0.3 is 9.84 Å². The molecule has 152 valence electrons. The molecule has 0 unspecified atom stereocenters. The topological polar surface area (TPSA) is 102 Å². The number of aromatic nitrogens is 2. The van der Waals surface area contributed by atoms with Crippen LogP contribution < -0.4 is 5.32 Å². The lowest BCUT2D eigenvalue weighted by Crippen LogP contribution is -2.14. The lowest BCUT2D eigenvalue weighted by Gasteiger charge is -2.10. The van der Waals surface area contributed by atoms with Crippen molar-refractivity contribution in [2.45, 2.75) is 37.3 Å². The van der Waals surface area contributed by atoms with E-state index < -0.39 is 21.4 Å². The highest BCUT2D eigenvalue weighted by atomic mass is 32.2. The first-order valence-electron chi connectivity index (χ1n) is 8.90. The fourth-order valence-corrected chi connectivity index (χ4v) is 3.95. The molecular formula is C20H20FN3O4S.